The Balaban J connectivity index is 0.00000280. The zero-order valence-corrected chi connectivity index (χ0v) is 37.1. The number of nitrogens with zero attached hydrogens (tertiary/aromatic N) is 2. The zero-order valence-electron chi connectivity index (χ0n) is 29.5. The van der Waals surface area contributed by atoms with E-state index < -0.39 is 65.0 Å². The van der Waals surface area contributed by atoms with Gasteiger partial charge in [0.25, 0.3) is 0 Å². The fourth-order valence-electron chi connectivity index (χ4n) is 5.15. The van der Waals surface area contributed by atoms with Gasteiger partial charge in [-0.05, 0) is 89.5 Å². The quantitative estimate of drug-likeness (QED) is 0.0696. The number of urea groups is 1. The molecule has 6 rings (SSSR count). The average Bonchev–Trinajstić information content (AvgIpc) is 3.10. The summed E-state index contributed by atoms with van der Waals surface area (Å²) in [6.07, 6.45) is 1.87. The summed E-state index contributed by atoms with van der Waals surface area (Å²) in [6, 6.07) is 20.0. The number of hydrazone groups is 2. The van der Waals surface area contributed by atoms with Gasteiger partial charge in [-0.15, -0.1) is 0 Å². The molecule has 0 unspecified atom stereocenters. The van der Waals surface area contributed by atoms with Gasteiger partial charge in [-0.2, -0.15) is 10.2 Å². The third-order valence-electron chi connectivity index (χ3n) is 7.60. The number of hydrogen-bond acceptors (Lipinski definition) is 15. The minimum absolute atomic E-state index is 0. The number of aromatic carboxylic acids is 1. The van der Waals surface area contributed by atoms with Crippen LogP contribution in [0.3, 0.4) is 0 Å². The molecule has 268 valence electrons. The first-order chi connectivity index (χ1) is 25.1. The van der Waals surface area contributed by atoms with Crippen molar-refractivity contribution >= 4 is 90.1 Å². The van der Waals surface area contributed by atoms with Crippen molar-refractivity contribution < 1.29 is 139 Å². The van der Waals surface area contributed by atoms with Crippen LogP contribution in [-0.4, -0.2) is 60.9 Å². The fourth-order valence-corrected chi connectivity index (χ4v) is 6.45. The van der Waals surface area contributed by atoms with Crippen molar-refractivity contribution in [3.63, 3.8) is 0 Å². The maximum Gasteiger partial charge on any atom is 1.00 e. The van der Waals surface area contributed by atoms with Crippen molar-refractivity contribution in [2.45, 2.75) is 0 Å². The molecule has 0 heterocycles. The monoisotopic (exact) mass is 822 g/mol. The summed E-state index contributed by atoms with van der Waals surface area (Å²) in [5.74, 6) is -3.23. The minimum Gasteiger partial charge on any atom is -0.744 e. The first kappa shape index (κ1) is 46.6. The van der Waals surface area contributed by atoms with E-state index in [0.717, 1.165) is 12.2 Å². The molecule has 22 heteroatoms. The van der Waals surface area contributed by atoms with Crippen LogP contribution < -0.4 is 115 Å². The third-order valence-corrected chi connectivity index (χ3v) is 9.30. The normalized spacial score (nSPS) is 14.7. The number of nitrogens with one attached hydrogen (secondary N) is 4. The molecular formula is C34H21N6Na3O11S2. The molecule has 56 heavy (non-hydrogen) atoms. The number of allylic oxidation sites excluding steroid dienone is 2. The van der Waals surface area contributed by atoms with E-state index in [4.69, 9.17) is 0 Å². The molecule has 0 atom stereocenters. The predicted octanol–water partition coefficient (Wildman–Crippen LogP) is -6.19. The van der Waals surface area contributed by atoms with E-state index in [0.29, 0.717) is 5.69 Å². The van der Waals surface area contributed by atoms with Crippen LogP contribution in [0.15, 0.2) is 111 Å². The molecule has 0 aliphatic heterocycles. The number of rotatable bonds is 9. The van der Waals surface area contributed by atoms with Crippen LogP contribution in [0.4, 0.5) is 27.5 Å². The SMILES string of the molecule is O=C(Nc1ccc2c(c1)C=C(S(=O)(=O)[O-])/C(=N\Nc1ccc(C(=O)[O-])cc1)C2=O)Nc1ccc2c(c1)C=C(S(=O)(=O)[O-])/C(=N/Nc1ccccc1)C2=O.[Na+].[Na+].[Na+]. The van der Waals surface area contributed by atoms with Crippen LogP contribution in [0, 0.1) is 0 Å². The molecule has 2 aliphatic rings. The molecule has 0 aromatic heterocycles. The standard InChI is InChI=1S/C34H24N6O11S2.3Na/c41-31-25-12-10-23(14-19(25)16-27(52(46,47)48)29(31)39-37-21-4-2-1-3-5-21)35-34(45)36-24-11-13-26-20(15-24)17-28(53(49,50)51)30(32(26)42)40-38-22-8-6-18(7-9-22)33(43)44;;;/h1-17,37-38H,(H,43,44)(H2,35,36,45)(H,46,47,48)(H,49,50,51);;;/q;3*+1/p-3/b39-29-,40-30+;;;. The van der Waals surface area contributed by atoms with Crippen LogP contribution in [0.25, 0.3) is 12.2 Å². The first-order valence-electron chi connectivity index (χ1n) is 14.9. The Labute approximate surface area is 385 Å². The number of carbonyl (C=O) groups excluding carboxylic acids is 4. The summed E-state index contributed by atoms with van der Waals surface area (Å²) in [5.41, 5.74) is 4.10. The number of carboxylic acid groups (broad SMARTS) is 1. The minimum atomic E-state index is -5.26. The third kappa shape index (κ3) is 10.8. The topological polar surface area (TPSA) is 279 Å². The molecule has 4 N–H and O–H groups in total. The number of hydrogen-bond donors (Lipinski definition) is 4. The summed E-state index contributed by atoms with van der Waals surface area (Å²) >= 11 is 0. The maximum absolute atomic E-state index is 13.3. The van der Waals surface area contributed by atoms with Crippen molar-refractivity contribution in [2.75, 3.05) is 21.5 Å². The fraction of sp³-hybridized carbons (Fsp3) is 0. The number of para-hydroxylation sites is 1. The maximum atomic E-state index is 13.3. The Morgan fingerprint density at radius 2 is 0.946 bits per heavy atom. The number of Topliss-reactive ketones (excluding diaryl/α,β-unsaturated/α-hetero) is 2. The van der Waals surface area contributed by atoms with Gasteiger partial charge >= 0.3 is 94.7 Å². The number of fused-ring (bicyclic) bond motifs is 2. The van der Waals surface area contributed by atoms with Crippen LogP contribution >= 0.6 is 0 Å². The zero-order chi connectivity index (χ0) is 38.1. The van der Waals surface area contributed by atoms with E-state index in [2.05, 4.69) is 31.7 Å². The van der Waals surface area contributed by atoms with Gasteiger partial charge in [-0.1, -0.05) is 30.3 Å². The van der Waals surface area contributed by atoms with Crippen LogP contribution in [0.2, 0.25) is 0 Å². The van der Waals surface area contributed by atoms with Crippen molar-refractivity contribution in [2.24, 2.45) is 10.2 Å². The molecule has 2 aliphatic carbocycles. The number of carboxylic acids is 1. The van der Waals surface area contributed by atoms with E-state index in [9.17, 15) is 50.2 Å². The van der Waals surface area contributed by atoms with Gasteiger partial charge in [0.1, 0.15) is 31.7 Å². The number of benzene rings is 4. The van der Waals surface area contributed by atoms with Gasteiger partial charge in [0.15, 0.2) is 0 Å². The second-order valence-electron chi connectivity index (χ2n) is 11.1. The van der Waals surface area contributed by atoms with Crippen molar-refractivity contribution in [1.82, 2.24) is 0 Å². The van der Waals surface area contributed by atoms with Gasteiger partial charge in [-0.25, -0.2) is 21.6 Å². The second-order valence-corrected chi connectivity index (χ2v) is 13.8. The molecule has 0 saturated heterocycles. The average molecular weight is 823 g/mol. The van der Waals surface area contributed by atoms with Crippen LogP contribution in [-0.2, 0) is 20.2 Å². The van der Waals surface area contributed by atoms with Gasteiger partial charge in [-0.3, -0.25) is 20.4 Å². The van der Waals surface area contributed by atoms with Gasteiger partial charge in [0.05, 0.1) is 27.2 Å². The smallest absolute Gasteiger partial charge is 0.744 e. The number of carbonyl (C=O) groups is 4. The Morgan fingerprint density at radius 3 is 1.34 bits per heavy atom. The molecule has 4 aromatic carbocycles. The molecule has 0 radical (unpaired) electrons. The van der Waals surface area contributed by atoms with Crippen molar-refractivity contribution in [3.8, 4) is 0 Å². The molecule has 4 aromatic rings. The summed E-state index contributed by atoms with van der Waals surface area (Å²) in [6.45, 7) is 0. The molecule has 2 amide bonds. The van der Waals surface area contributed by atoms with Gasteiger partial charge in [0.2, 0.25) is 11.6 Å². The van der Waals surface area contributed by atoms with E-state index in [-0.39, 0.29) is 134 Å². The first-order valence-corrected chi connectivity index (χ1v) is 17.8. The number of ketones is 2. The largest absolute Gasteiger partial charge is 1.00 e. The van der Waals surface area contributed by atoms with Crippen molar-refractivity contribution in [3.05, 3.63) is 129 Å². The van der Waals surface area contributed by atoms with Crippen LogP contribution in [0.5, 0.6) is 0 Å². The summed E-state index contributed by atoms with van der Waals surface area (Å²) < 4.78 is 72.7. The molecule has 0 bridgehead atoms. The number of amides is 2. The summed E-state index contributed by atoms with van der Waals surface area (Å²) in [5, 5.41) is 23.6. The van der Waals surface area contributed by atoms with E-state index in [1.54, 1.807) is 30.3 Å². The van der Waals surface area contributed by atoms with Gasteiger partial charge in [0, 0.05) is 22.5 Å². The molecule has 0 fully saturated rings. The van der Waals surface area contributed by atoms with E-state index >= 15 is 0 Å². The van der Waals surface area contributed by atoms with Crippen LogP contribution in [0.1, 0.15) is 42.2 Å². The second kappa shape index (κ2) is 19.1. The Hall–Kier alpha value is -3.80. The van der Waals surface area contributed by atoms with Crippen molar-refractivity contribution in [1.29, 1.82) is 0 Å². The Kier molecular flexibility index (Phi) is 15.9. The molecule has 17 nitrogen and oxygen atoms in total. The van der Waals surface area contributed by atoms with E-state index in [1.165, 1.54) is 60.7 Å². The Morgan fingerprint density at radius 1 is 0.554 bits per heavy atom. The molecular weight excluding hydrogens is 802 g/mol. The van der Waals surface area contributed by atoms with Gasteiger partial charge < -0.3 is 29.6 Å². The Bertz CT molecular complexity index is 2600. The molecule has 0 saturated carbocycles. The predicted molar refractivity (Wildman–Crippen MR) is 189 cm³/mol. The number of anilines is 4. The van der Waals surface area contributed by atoms with E-state index in [1.807, 2.05) is 0 Å². The summed E-state index contributed by atoms with van der Waals surface area (Å²) in [7, 11) is -10.4. The molecule has 0 spiro atoms. The summed E-state index contributed by atoms with van der Waals surface area (Å²) in [4.78, 5) is 48.5.